The van der Waals surface area contributed by atoms with Gasteiger partial charge in [-0.2, -0.15) is 0 Å². The third-order valence-electron chi connectivity index (χ3n) is 12.4. The average molecular weight is 1060 g/mol. The highest BCUT2D eigenvalue weighted by atomic mass is 32.1. The van der Waals surface area contributed by atoms with Gasteiger partial charge in [-0.1, -0.05) is 54.0 Å². The molecular formula is C51H77N7O15S. The number of benzene rings is 1. The molecular weight excluding hydrogens is 983 g/mol. The average Bonchev–Trinajstić information content (AvgIpc) is 3.99. The number of nitrogens with one attached hydrogen (secondary N) is 4. The molecule has 2 heterocycles. The maximum atomic E-state index is 13.8. The van der Waals surface area contributed by atoms with Gasteiger partial charge in [0.25, 0.3) is 17.7 Å². The molecule has 1 saturated heterocycles. The number of hydrogen-bond donors (Lipinski definition) is 5. The smallest absolute Gasteiger partial charge is 0.426 e. The number of carbonyl (C=O) groups is 8. The summed E-state index contributed by atoms with van der Waals surface area (Å²) in [5, 5.41) is 18.8. The lowest BCUT2D eigenvalue weighted by molar-refractivity contribution is -0.197. The highest BCUT2D eigenvalue weighted by Crippen LogP contribution is 2.35. The van der Waals surface area contributed by atoms with Crippen molar-refractivity contribution in [3.05, 3.63) is 45.4 Å². The van der Waals surface area contributed by atoms with E-state index in [-0.39, 0.29) is 132 Å². The summed E-state index contributed by atoms with van der Waals surface area (Å²) in [6.07, 6.45) is 2.88. The topological polar surface area (TPSA) is 280 Å². The van der Waals surface area contributed by atoms with Gasteiger partial charge < -0.3 is 49.2 Å². The lowest BCUT2D eigenvalue weighted by Gasteiger charge is -2.37. The maximum absolute atomic E-state index is 13.8. The van der Waals surface area contributed by atoms with Crippen molar-refractivity contribution >= 4 is 58.8 Å². The van der Waals surface area contributed by atoms with Gasteiger partial charge in [0.2, 0.25) is 17.7 Å². The fourth-order valence-electron chi connectivity index (χ4n) is 8.29. The predicted octanol–water partition coefficient (Wildman–Crippen LogP) is 4.94. The van der Waals surface area contributed by atoms with Crippen LogP contribution in [0.2, 0.25) is 0 Å². The number of hydrogen-bond acceptors (Lipinski definition) is 17. The standard InChI is InChI=1S/C51H77N7O15S/c1-7-18-57(46(63)27-34(6)9-3)41(33(4)5)31-42(71-19-8-2)50-54-40(32-74-50)49(66)53-36-28-35-13-14-37(59)30-38(35)39(29-36)48(65)55-56-51(67)72-26-25-70-24-23-69-22-21-68-20-17-52-43(60)11-10-12-47(64)73-58-44(61)15-16-45(58)62/h13-14,30,32-34,36,39,41-42,59H,7-12,15-29,31H2,1-6H3,(H,52,60)(H,53,66)(H,55,65)(H,56,67)/t34-,36-,39+,41?,42+/m0/s1. The number of hydrazine groups is 1. The molecule has 1 fully saturated rings. The summed E-state index contributed by atoms with van der Waals surface area (Å²) in [6.45, 7) is 15.0. The molecule has 2 aliphatic rings. The Balaban J connectivity index is 1.14. The molecule has 2 aromatic rings. The lowest BCUT2D eigenvalue weighted by Crippen LogP contribution is -2.48. The van der Waals surface area contributed by atoms with Gasteiger partial charge in [-0.3, -0.25) is 34.2 Å². The van der Waals surface area contributed by atoms with Crippen LogP contribution in [0.25, 0.3) is 0 Å². The van der Waals surface area contributed by atoms with Gasteiger partial charge in [-0.15, -0.1) is 16.4 Å². The van der Waals surface area contributed by atoms with Crippen molar-refractivity contribution in [2.75, 3.05) is 65.9 Å². The maximum Gasteiger partial charge on any atom is 0.426 e. The number of phenols is 1. The number of thiazole rings is 1. The summed E-state index contributed by atoms with van der Waals surface area (Å²) in [4.78, 5) is 112. The van der Waals surface area contributed by atoms with Crippen LogP contribution in [-0.4, -0.2) is 146 Å². The summed E-state index contributed by atoms with van der Waals surface area (Å²) in [5.41, 5.74) is 6.17. The fraction of sp³-hybridized carbons (Fsp3) is 0.667. The van der Waals surface area contributed by atoms with Gasteiger partial charge in [0.05, 0.1) is 45.6 Å². The quantitative estimate of drug-likeness (QED) is 0.0360. The molecule has 0 radical (unpaired) electrons. The molecule has 0 spiro atoms. The highest BCUT2D eigenvalue weighted by molar-refractivity contribution is 7.09. The first kappa shape index (κ1) is 60.8. The van der Waals surface area contributed by atoms with E-state index in [0.717, 1.165) is 24.8 Å². The minimum absolute atomic E-state index is 0.00517. The number of ether oxygens (including phenoxy) is 5. The SMILES string of the molecule is CCCO[C@H](CC(C(C)C)N(CCC)C(=O)C[C@@H](C)CC)c1nc(C(=O)N[C@H]2Cc3ccc(O)cc3[C@H](C(=O)NNC(=O)OCCOCCOCCOCCNC(=O)CCCC(=O)ON3C(=O)CCC3=O)C2)cs1. The van der Waals surface area contributed by atoms with E-state index in [0.29, 0.717) is 48.0 Å². The van der Waals surface area contributed by atoms with Crippen molar-refractivity contribution in [2.24, 2.45) is 11.8 Å². The van der Waals surface area contributed by atoms with Crippen molar-refractivity contribution in [3.63, 3.8) is 0 Å². The highest BCUT2D eigenvalue weighted by Gasteiger charge is 2.36. The van der Waals surface area contributed by atoms with Crippen LogP contribution >= 0.6 is 11.3 Å². The number of fused-ring (bicyclic) bond motifs is 1. The van der Waals surface area contributed by atoms with Crippen molar-refractivity contribution in [2.45, 2.75) is 143 Å². The Morgan fingerprint density at radius 3 is 2.23 bits per heavy atom. The van der Waals surface area contributed by atoms with Crippen LogP contribution in [0.15, 0.2) is 23.6 Å². The number of imide groups is 1. The number of nitrogens with zero attached hydrogens (tertiary/aromatic N) is 3. The van der Waals surface area contributed by atoms with Crippen molar-refractivity contribution in [1.29, 1.82) is 0 Å². The van der Waals surface area contributed by atoms with Crippen LogP contribution in [0, 0.1) is 11.8 Å². The predicted molar refractivity (Wildman–Crippen MR) is 270 cm³/mol. The van der Waals surface area contributed by atoms with Gasteiger partial charge in [0.1, 0.15) is 29.2 Å². The Labute approximate surface area is 437 Å². The van der Waals surface area contributed by atoms with Gasteiger partial charge in [-0.25, -0.2) is 20.0 Å². The van der Waals surface area contributed by atoms with E-state index in [1.165, 1.54) is 23.5 Å². The molecule has 74 heavy (non-hydrogen) atoms. The van der Waals surface area contributed by atoms with E-state index >= 15 is 0 Å². The van der Waals surface area contributed by atoms with Crippen molar-refractivity contribution in [3.8, 4) is 5.75 Å². The number of carbonyl (C=O) groups excluding carboxylic acids is 8. The van der Waals surface area contributed by atoms with Crippen LogP contribution in [-0.2, 0) is 63.7 Å². The van der Waals surface area contributed by atoms with Crippen LogP contribution in [0.5, 0.6) is 5.75 Å². The zero-order chi connectivity index (χ0) is 54.0. The Morgan fingerprint density at radius 1 is 0.878 bits per heavy atom. The van der Waals surface area contributed by atoms with E-state index in [1.54, 1.807) is 11.4 Å². The molecule has 5 atom stereocenters. The minimum atomic E-state index is -0.922. The Morgan fingerprint density at radius 2 is 1.57 bits per heavy atom. The molecule has 4 rings (SSSR count). The number of hydroxylamine groups is 2. The number of amides is 7. The molecule has 1 aliphatic heterocycles. The van der Waals surface area contributed by atoms with Crippen LogP contribution in [0.1, 0.15) is 151 Å². The van der Waals surface area contributed by atoms with E-state index in [2.05, 4.69) is 56.1 Å². The van der Waals surface area contributed by atoms with Crippen molar-refractivity contribution in [1.82, 2.24) is 36.4 Å². The molecule has 22 nitrogen and oxygen atoms in total. The number of aromatic hydroxyl groups is 1. The van der Waals surface area contributed by atoms with Crippen LogP contribution < -0.4 is 21.5 Å². The zero-order valence-corrected chi connectivity index (χ0v) is 44.6. The largest absolute Gasteiger partial charge is 0.508 e. The molecule has 23 heteroatoms. The molecule has 1 aromatic carbocycles. The van der Waals surface area contributed by atoms with E-state index in [4.69, 9.17) is 33.5 Å². The second-order valence-electron chi connectivity index (χ2n) is 18.7. The Bertz CT molecular complexity index is 2140. The van der Waals surface area contributed by atoms with Crippen molar-refractivity contribution < 1.29 is 72.0 Å². The summed E-state index contributed by atoms with van der Waals surface area (Å²) in [5.74, 6) is -3.49. The normalized spacial score (nSPS) is 16.5. The monoisotopic (exact) mass is 1060 g/mol. The lowest BCUT2D eigenvalue weighted by atomic mass is 9.79. The molecule has 5 N–H and O–H groups in total. The third-order valence-corrected chi connectivity index (χ3v) is 13.3. The van der Waals surface area contributed by atoms with Gasteiger partial charge in [-0.05, 0) is 67.2 Å². The fourth-order valence-corrected chi connectivity index (χ4v) is 9.15. The molecule has 1 aliphatic carbocycles. The summed E-state index contributed by atoms with van der Waals surface area (Å²) < 4.78 is 27.8. The number of phenolic OH excluding ortho intramolecular Hbond substituents is 1. The van der Waals surface area contributed by atoms with E-state index in [1.807, 2.05) is 11.8 Å². The van der Waals surface area contributed by atoms with Crippen LogP contribution in [0.3, 0.4) is 0 Å². The molecule has 0 bridgehead atoms. The number of aromatic nitrogens is 1. The summed E-state index contributed by atoms with van der Waals surface area (Å²) in [6, 6.07) is 4.14. The minimum Gasteiger partial charge on any atom is -0.508 e. The second-order valence-corrected chi connectivity index (χ2v) is 19.6. The molecule has 412 valence electrons. The van der Waals surface area contributed by atoms with Gasteiger partial charge >= 0.3 is 12.1 Å². The van der Waals surface area contributed by atoms with E-state index < -0.39 is 53.8 Å². The number of rotatable bonds is 33. The zero-order valence-electron chi connectivity index (χ0n) is 43.7. The first-order valence-electron chi connectivity index (χ1n) is 25.8. The summed E-state index contributed by atoms with van der Waals surface area (Å²) >= 11 is 1.34. The Hall–Kier alpha value is -5.75. The molecule has 1 unspecified atom stereocenters. The first-order valence-corrected chi connectivity index (χ1v) is 26.7. The molecule has 0 saturated carbocycles. The Kier molecular flexibility index (Phi) is 26.7. The van der Waals surface area contributed by atoms with Gasteiger partial charge in [0, 0.05) is 75.7 Å². The van der Waals surface area contributed by atoms with Gasteiger partial charge in [0.15, 0.2) is 0 Å². The van der Waals surface area contributed by atoms with Crippen LogP contribution in [0.4, 0.5) is 4.79 Å². The van der Waals surface area contributed by atoms with E-state index in [9.17, 15) is 43.5 Å². The molecule has 7 amide bonds. The third kappa shape index (κ3) is 20.5. The molecule has 1 aromatic heterocycles. The summed E-state index contributed by atoms with van der Waals surface area (Å²) in [7, 11) is 0. The second kappa shape index (κ2) is 32.5. The first-order chi connectivity index (χ1) is 35.5.